The van der Waals surface area contributed by atoms with Gasteiger partial charge >= 0.3 is 6.16 Å². The third-order valence-corrected chi connectivity index (χ3v) is 3.38. The fraction of sp³-hybridized carbons (Fsp3) is 0.500. The second kappa shape index (κ2) is 9.78. The first-order chi connectivity index (χ1) is 10.5. The van der Waals surface area contributed by atoms with Gasteiger partial charge in [0, 0.05) is 6.61 Å². The minimum absolute atomic E-state index is 0.485. The molecule has 0 fully saturated rings. The van der Waals surface area contributed by atoms with E-state index in [4.69, 9.17) is 15.6 Å². The molecule has 22 heavy (non-hydrogen) atoms. The smallest absolute Gasteiger partial charge is 0.450 e. The van der Waals surface area contributed by atoms with E-state index in [0.29, 0.717) is 19.6 Å². The number of benzene rings is 1. The second-order valence-electron chi connectivity index (χ2n) is 5.13. The molecule has 122 valence electrons. The van der Waals surface area contributed by atoms with Gasteiger partial charge in [0.25, 0.3) is 0 Å². The number of carbonyl (C=O) groups is 2. The van der Waals surface area contributed by atoms with E-state index in [2.05, 4.69) is 4.74 Å². The lowest BCUT2D eigenvalue weighted by molar-refractivity contribution is -0.125. The van der Waals surface area contributed by atoms with Gasteiger partial charge in [0.1, 0.15) is 6.10 Å². The van der Waals surface area contributed by atoms with E-state index in [-0.39, 0.29) is 0 Å². The Hall–Kier alpha value is -2.08. The van der Waals surface area contributed by atoms with E-state index in [0.717, 1.165) is 18.4 Å². The van der Waals surface area contributed by atoms with Gasteiger partial charge in [-0.05, 0) is 25.3 Å². The molecule has 2 atom stereocenters. The summed E-state index contributed by atoms with van der Waals surface area (Å²) in [5, 5.41) is 8.57. The SMILES string of the molecule is CC(OC(=O)O)C(CCCCOCc1ccccc1)C(N)=O. The lowest BCUT2D eigenvalue weighted by Gasteiger charge is -2.19. The van der Waals surface area contributed by atoms with Crippen LogP contribution in [0.1, 0.15) is 31.7 Å². The molecule has 0 spiro atoms. The van der Waals surface area contributed by atoms with Gasteiger partial charge < -0.3 is 20.3 Å². The lowest BCUT2D eigenvalue weighted by Crippen LogP contribution is -2.34. The zero-order valence-electron chi connectivity index (χ0n) is 12.7. The van der Waals surface area contributed by atoms with Crippen LogP contribution in [-0.2, 0) is 20.9 Å². The van der Waals surface area contributed by atoms with Crippen LogP contribution in [0.2, 0.25) is 0 Å². The maximum Gasteiger partial charge on any atom is 0.506 e. The molecule has 6 heteroatoms. The van der Waals surface area contributed by atoms with Crippen molar-refractivity contribution in [1.82, 2.24) is 0 Å². The molecule has 0 saturated carbocycles. The predicted octanol–water partition coefficient (Wildman–Crippen LogP) is 2.56. The Morgan fingerprint density at radius 1 is 1.23 bits per heavy atom. The zero-order chi connectivity index (χ0) is 16.4. The summed E-state index contributed by atoms with van der Waals surface area (Å²) in [5.41, 5.74) is 6.40. The maximum atomic E-state index is 11.3. The third-order valence-electron chi connectivity index (χ3n) is 3.38. The molecule has 2 unspecified atom stereocenters. The quantitative estimate of drug-likeness (QED) is 0.511. The Morgan fingerprint density at radius 2 is 1.91 bits per heavy atom. The van der Waals surface area contributed by atoms with Crippen molar-refractivity contribution in [3.63, 3.8) is 0 Å². The standard InChI is InChI=1S/C16H23NO5/c1-12(22-16(19)20)14(15(17)18)9-5-6-10-21-11-13-7-3-2-4-8-13/h2-4,7-8,12,14H,5-6,9-11H2,1H3,(H2,17,18)(H,19,20). The van der Waals surface area contributed by atoms with Crippen molar-refractivity contribution < 1.29 is 24.2 Å². The van der Waals surface area contributed by atoms with Crippen molar-refractivity contribution in [2.24, 2.45) is 11.7 Å². The van der Waals surface area contributed by atoms with Crippen LogP contribution in [-0.4, -0.2) is 29.9 Å². The molecule has 0 saturated heterocycles. The first kappa shape index (κ1) is 18.0. The largest absolute Gasteiger partial charge is 0.506 e. The molecular weight excluding hydrogens is 286 g/mol. The van der Waals surface area contributed by atoms with Gasteiger partial charge in [0.15, 0.2) is 0 Å². The van der Waals surface area contributed by atoms with Gasteiger partial charge in [-0.1, -0.05) is 36.8 Å². The van der Waals surface area contributed by atoms with E-state index >= 15 is 0 Å². The van der Waals surface area contributed by atoms with Crippen molar-refractivity contribution in [2.75, 3.05) is 6.61 Å². The number of hydrogen-bond donors (Lipinski definition) is 2. The summed E-state index contributed by atoms with van der Waals surface area (Å²) >= 11 is 0. The number of amides is 1. The Labute approximate surface area is 130 Å². The lowest BCUT2D eigenvalue weighted by atomic mass is 9.96. The number of primary amides is 1. The maximum absolute atomic E-state index is 11.3. The van der Waals surface area contributed by atoms with Gasteiger partial charge in [0.05, 0.1) is 12.5 Å². The van der Waals surface area contributed by atoms with E-state index in [1.54, 1.807) is 0 Å². The predicted molar refractivity (Wildman–Crippen MR) is 81.2 cm³/mol. The van der Waals surface area contributed by atoms with E-state index < -0.39 is 24.1 Å². The fourth-order valence-corrected chi connectivity index (χ4v) is 2.18. The highest BCUT2D eigenvalue weighted by Crippen LogP contribution is 2.16. The molecule has 0 aliphatic heterocycles. The minimum atomic E-state index is -1.40. The molecule has 1 aromatic rings. The number of unbranched alkanes of at least 4 members (excludes halogenated alkanes) is 1. The fourth-order valence-electron chi connectivity index (χ4n) is 2.18. The second-order valence-corrected chi connectivity index (χ2v) is 5.13. The number of ether oxygens (including phenoxy) is 2. The average molecular weight is 309 g/mol. The number of nitrogens with two attached hydrogens (primary N) is 1. The number of rotatable bonds is 10. The first-order valence-electron chi connectivity index (χ1n) is 7.31. The van der Waals surface area contributed by atoms with E-state index in [1.165, 1.54) is 6.92 Å². The molecule has 0 heterocycles. The summed E-state index contributed by atoms with van der Waals surface area (Å²) in [7, 11) is 0. The van der Waals surface area contributed by atoms with Crippen LogP contribution in [0.25, 0.3) is 0 Å². The van der Waals surface area contributed by atoms with Gasteiger partial charge in [-0.3, -0.25) is 4.79 Å². The molecule has 0 aliphatic rings. The molecular formula is C16H23NO5. The summed E-state index contributed by atoms with van der Waals surface area (Å²) in [5.74, 6) is -1.15. The van der Waals surface area contributed by atoms with Crippen LogP contribution < -0.4 is 5.73 Å². The molecule has 0 radical (unpaired) electrons. The van der Waals surface area contributed by atoms with Crippen LogP contribution in [0.15, 0.2) is 30.3 Å². The first-order valence-corrected chi connectivity index (χ1v) is 7.31. The van der Waals surface area contributed by atoms with E-state index in [1.807, 2.05) is 30.3 Å². The summed E-state index contributed by atoms with van der Waals surface area (Å²) in [4.78, 5) is 21.8. The Bertz CT molecular complexity index is 463. The van der Waals surface area contributed by atoms with Crippen LogP contribution in [0.3, 0.4) is 0 Å². The highest BCUT2D eigenvalue weighted by atomic mass is 16.7. The monoisotopic (exact) mass is 309 g/mol. The Morgan fingerprint density at radius 3 is 2.50 bits per heavy atom. The molecule has 3 N–H and O–H groups in total. The van der Waals surface area contributed by atoms with Crippen molar-refractivity contribution in [3.05, 3.63) is 35.9 Å². The van der Waals surface area contributed by atoms with Crippen molar-refractivity contribution >= 4 is 12.1 Å². The molecule has 6 nitrogen and oxygen atoms in total. The van der Waals surface area contributed by atoms with Crippen LogP contribution in [0, 0.1) is 5.92 Å². The summed E-state index contributed by atoms with van der Waals surface area (Å²) in [6, 6.07) is 9.86. The third kappa shape index (κ3) is 7.08. The normalized spacial score (nSPS) is 13.3. The van der Waals surface area contributed by atoms with Crippen LogP contribution in [0.4, 0.5) is 4.79 Å². The average Bonchev–Trinajstić information content (AvgIpc) is 2.46. The summed E-state index contributed by atoms with van der Waals surface area (Å²) in [6.07, 6.45) is -0.157. The zero-order valence-corrected chi connectivity index (χ0v) is 12.7. The minimum Gasteiger partial charge on any atom is -0.450 e. The van der Waals surface area contributed by atoms with E-state index in [9.17, 15) is 9.59 Å². The molecule has 0 aliphatic carbocycles. The van der Waals surface area contributed by atoms with Gasteiger partial charge in [-0.25, -0.2) is 4.79 Å². The van der Waals surface area contributed by atoms with Gasteiger partial charge in [0.2, 0.25) is 5.91 Å². The van der Waals surface area contributed by atoms with Crippen LogP contribution in [0.5, 0.6) is 0 Å². The number of carboxylic acid groups (broad SMARTS) is 1. The molecule has 1 aromatic carbocycles. The Balaban J connectivity index is 2.20. The molecule has 0 aromatic heterocycles. The molecule has 1 rings (SSSR count). The van der Waals surface area contributed by atoms with Crippen molar-refractivity contribution in [2.45, 2.75) is 38.9 Å². The van der Waals surface area contributed by atoms with Crippen molar-refractivity contribution in [3.8, 4) is 0 Å². The summed E-state index contributed by atoms with van der Waals surface area (Å²) < 4.78 is 10.1. The highest BCUT2D eigenvalue weighted by Gasteiger charge is 2.25. The van der Waals surface area contributed by atoms with Gasteiger partial charge in [-0.15, -0.1) is 0 Å². The van der Waals surface area contributed by atoms with Crippen LogP contribution >= 0.6 is 0 Å². The van der Waals surface area contributed by atoms with Crippen molar-refractivity contribution in [1.29, 1.82) is 0 Å². The highest BCUT2D eigenvalue weighted by molar-refractivity contribution is 5.77. The molecule has 1 amide bonds. The molecule has 0 bridgehead atoms. The Kier molecular flexibility index (Phi) is 7.99. The number of hydrogen-bond acceptors (Lipinski definition) is 4. The number of carbonyl (C=O) groups excluding carboxylic acids is 1. The topological polar surface area (TPSA) is 98.8 Å². The van der Waals surface area contributed by atoms with Gasteiger partial charge in [-0.2, -0.15) is 0 Å². The summed E-state index contributed by atoms with van der Waals surface area (Å²) in [6.45, 7) is 2.67.